The first kappa shape index (κ1) is 16.3. The molecule has 0 aliphatic heterocycles. The summed E-state index contributed by atoms with van der Waals surface area (Å²) in [6.07, 6.45) is 2.01. The van der Waals surface area contributed by atoms with Gasteiger partial charge in [0.15, 0.2) is 0 Å². The van der Waals surface area contributed by atoms with E-state index in [1.165, 1.54) is 11.1 Å². The van der Waals surface area contributed by atoms with E-state index in [4.69, 9.17) is 15.2 Å². The maximum absolute atomic E-state index is 6.24. The first-order chi connectivity index (χ1) is 9.86. The van der Waals surface area contributed by atoms with E-state index >= 15 is 0 Å². The van der Waals surface area contributed by atoms with E-state index < -0.39 is 0 Å². The fourth-order valence-electron chi connectivity index (χ4n) is 2.80. The third kappa shape index (κ3) is 3.58. The average molecular weight is 291 g/mol. The summed E-state index contributed by atoms with van der Waals surface area (Å²) in [5.74, 6) is 0.973. The summed E-state index contributed by atoms with van der Waals surface area (Å²) in [6, 6.07) is 6.62. The van der Waals surface area contributed by atoms with Crippen LogP contribution in [-0.2, 0) is 16.6 Å². The number of hydrogen-bond acceptors (Lipinski definition) is 3. The van der Waals surface area contributed by atoms with E-state index in [0.717, 1.165) is 18.6 Å². The van der Waals surface area contributed by atoms with Crippen molar-refractivity contribution < 1.29 is 9.47 Å². The largest absolute Gasteiger partial charge is 0.487 e. The van der Waals surface area contributed by atoms with E-state index in [1.54, 1.807) is 0 Å². The summed E-state index contributed by atoms with van der Waals surface area (Å²) >= 11 is 0. The normalized spacial score (nSPS) is 25.5. The molecule has 21 heavy (non-hydrogen) atoms. The Bertz CT molecular complexity index is 479. The minimum absolute atomic E-state index is 0.0219. The van der Waals surface area contributed by atoms with Crippen LogP contribution < -0.4 is 10.5 Å². The standard InChI is InChI=1S/C18H29NO2/c1-6-12-8-9-15(13(10-12)18(3,4)5)21-16-11-14(19)17(16)20-7-2/h8-10,14,16-17H,6-7,11,19H2,1-5H3. The van der Waals surface area contributed by atoms with Crippen LogP contribution >= 0.6 is 0 Å². The van der Waals surface area contributed by atoms with Crippen LogP contribution in [0.5, 0.6) is 5.75 Å². The van der Waals surface area contributed by atoms with Crippen LogP contribution in [0.15, 0.2) is 18.2 Å². The molecule has 0 saturated heterocycles. The van der Waals surface area contributed by atoms with Crippen molar-refractivity contribution in [3.8, 4) is 5.75 Å². The molecule has 0 spiro atoms. The summed E-state index contributed by atoms with van der Waals surface area (Å²) < 4.78 is 11.9. The lowest BCUT2D eigenvalue weighted by molar-refractivity contribution is -0.0949. The van der Waals surface area contributed by atoms with Gasteiger partial charge < -0.3 is 15.2 Å². The highest BCUT2D eigenvalue weighted by molar-refractivity contribution is 5.42. The summed E-state index contributed by atoms with van der Waals surface area (Å²) in [5, 5.41) is 0. The van der Waals surface area contributed by atoms with Crippen molar-refractivity contribution in [3.63, 3.8) is 0 Å². The van der Waals surface area contributed by atoms with Crippen LogP contribution in [0.25, 0.3) is 0 Å². The zero-order valence-electron chi connectivity index (χ0n) is 14.0. The number of ether oxygens (including phenoxy) is 2. The lowest BCUT2D eigenvalue weighted by Gasteiger charge is -2.42. The van der Waals surface area contributed by atoms with Gasteiger partial charge in [-0.25, -0.2) is 0 Å². The SMILES string of the molecule is CCOC1C(N)CC1Oc1ccc(CC)cc1C(C)(C)C. The summed E-state index contributed by atoms with van der Waals surface area (Å²) in [7, 11) is 0. The predicted octanol–water partition coefficient (Wildman–Crippen LogP) is 3.43. The first-order valence-corrected chi connectivity index (χ1v) is 8.04. The lowest BCUT2D eigenvalue weighted by atomic mass is 9.83. The van der Waals surface area contributed by atoms with E-state index in [-0.39, 0.29) is 23.7 Å². The zero-order valence-corrected chi connectivity index (χ0v) is 14.0. The molecule has 0 radical (unpaired) electrons. The number of benzene rings is 1. The Hall–Kier alpha value is -1.06. The van der Waals surface area contributed by atoms with Gasteiger partial charge in [-0.3, -0.25) is 0 Å². The molecule has 1 saturated carbocycles. The fourth-order valence-corrected chi connectivity index (χ4v) is 2.80. The third-order valence-corrected chi connectivity index (χ3v) is 4.19. The highest BCUT2D eigenvalue weighted by Crippen LogP contribution is 2.36. The monoisotopic (exact) mass is 291 g/mol. The molecular formula is C18H29NO2. The number of aryl methyl sites for hydroxylation is 1. The van der Waals surface area contributed by atoms with Gasteiger partial charge >= 0.3 is 0 Å². The van der Waals surface area contributed by atoms with Crippen LogP contribution in [0.2, 0.25) is 0 Å². The molecule has 0 heterocycles. The Labute approximate surface area is 128 Å². The molecule has 0 aromatic heterocycles. The quantitative estimate of drug-likeness (QED) is 0.904. The van der Waals surface area contributed by atoms with Gasteiger partial charge in [0.1, 0.15) is 18.0 Å². The molecule has 1 fully saturated rings. The average Bonchev–Trinajstić information content (AvgIpc) is 2.43. The molecule has 1 aromatic rings. The van der Waals surface area contributed by atoms with Crippen LogP contribution in [-0.4, -0.2) is 24.9 Å². The lowest BCUT2D eigenvalue weighted by Crippen LogP contribution is -2.59. The van der Waals surface area contributed by atoms with Crippen LogP contribution in [0.1, 0.15) is 52.2 Å². The summed E-state index contributed by atoms with van der Waals surface area (Å²) in [5.41, 5.74) is 8.69. The van der Waals surface area contributed by atoms with Crippen molar-refractivity contribution >= 4 is 0 Å². The van der Waals surface area contributed by atoms with Gasteiger partial charge in [0.2, 0.25) is 0 Å². The molecule has 118 valence electrons. The number of nitrogens with two attached hydrogens (primary N) is 1. The highest BCUT2D eigenvalue weighted by Gasteiger charge is 2.41. The Balaban J connectivity index is 2.20. The fraction of sp³-hybridized carbons (Fsp3) is 0.667. The van der Waals surface area contributed by atoms with E-state index in [9.17, 15) is 0 Å². The van der Waals surface area contributed by atoms with Crippen molar-refractivity contribution in [2.45, 2.75) is 71.1 Å². The van der Waals surface area contributed by atoms with Gasteiger partial charge in [-0.05, 0) is 36.0 Å². The molecule has 3 unspecified atom stereocenters. The van der Waals surface area contributed by atoms with Crippen LogP contribution in [0.3, 0.4) is 0 Å². The van der Waals surface area contributed by atoms with Crippen molar-refractivity contribution in [2.24, 2.45) is 5.73 Å². The van der Waals surface area contributed by atoms with Crippen LogP contribution in [0.4, 0.5) is 0 Å². The van der Waals surface area contributed by atoms with Crippen molar-refractivity contribution in [3.05, 3.63) is 29.3 Å². The van der Waals surface area contributed by atoms with E-state index in [0.29, 0.717) is 6.61 Å². The minimum Gasteiger partial charge on any atom is -0.487 e. The Morgan fingerprint density at radius 3 is 2.48 bits per heavy atom. The molecule has 3 nitrogen and oxygen atoms in total. The van der Waals surface area contributed by atoms with Gasteiger partial charge in [0.25, 0.3) is 0 Å². The molecule has 3 atom stereocenters. The molecule has 0 bridgehead atoms. The van der Waals surface area contributed by atoms with Crippen molar-refractivity contribution in [2.75, 3.05) is 6.61 Å². The maximum atomic E-state index is 6.24. The summed E-state index contributed by atoms with van der Waals surface area (Å²) in [4.78, 5) is 0. The molecule has 1 aliphatic carbocycles. The van der Waals surface area contributed by atoms with E-state index in [1.807, 2.05) is 6.92 Å². The summed E-state index contributed by atoms with van der Waals surface area (Å²) in [6.45, 7) is 11.5. The third-order valence-electron chi connectivity index (χ3n) is 4.19. The second-order valence-corrected chi connectivity index (χ2v) is 6.91. The molecule has 0 amide bonds. The topological polar surface area (TPSA) is 44.5 Å². The number of rotatable bonds is 5. The Kier molecular flexibility index (Phi) is 4.95. The van der Waals surface area contributed by atoms with Gasteiger partial charge in [0, 0.05) is 19.1 Å². The zero-order chi connectivity index (χ0) is 15.6. The van der Waals surface area contributed by atoms with E-state index in [2.05, 4.69) is 45.9 Å². The molecule has 1 aromatic carbocycles. The second-order valence-electron chi connectivity index (χ2n) is 6.91. The smallest absolute Gasteiger partial charge is 0.128 e. The van der Waals surface area contributed by atoms with Gasteiger partial charge in [-0.2, -0.15) is 0 Å². The second kappa shape index (κ2) is 6.37. The Morgan fingerprint density at radius 1 is 1.24 bits per heavy atom. The van der Waals surface area contributed by atoms with Gasteiger partial charge in [-0.1, -0.05) is 39.8 Å². The van der Waals surface area contributed by atoms with Crippen molar-refractivity contribution in [1.29, 1.82) is 0 Å². The van der Waals surface area contributed by atoms with Gasteiger partial charge in [-0.15, -0.1) is 0 Å². The molecule has 3 heteroatoms. The Morgan fingerprint density at radius 2 is 1.95 bits per heavy atom. The first-order valence-electron chi connectivity index (χ1n) is 8.04. The molecular weight excluding hydrogens is 262 g/mol. The maximum Gasteiger partial charge on any atom is 0.128 e. The van der Waals surface area contributed by atoms with Crippen molar-refractivity contribution in [1.82, 2.24) is 0 Å². The number of hydrogen-bond donors (Lipinski definition) is 1. The van der Waals surface area contributed by atoms with Crippen LogP contribution in [0, 0.1) is 0 Å². The highest BCUT2D eigenvalue weighted by atomic mass is 16.5. The molecule has 1 aliphatic rings. The predicted molar refractivity (Wildman–Crippen MR) is 86.9 cm³/mol. The minimum atomic E-state index is 0.0219. The molecule has 2 rings (SSSR count). The molecule has 2 N–H and O–H groups in total. The van der Waals surface area contributed by atoms with Gasteiger partial charge in [0.05, 0.1) is 0 Å².